The molecule has 2 aromatic rings. The number of aliphatic hydroxyl groups is 1. The second-order valence-corrected chi connectivity index (χ2v) is 5.66. The van der Waals surface area contributed by atoms with Gasteiger partial charge in [-0.15, -0.1) is 0 Å². The smallest absolute Gasteiger partial charge is 0.278 e. The van der Waals surface area contributed by atoms with Crippen molar-refractivity contribution in [2.75, 3.05) is 11.3 Å². The van der Waals surface area contributed by atoms with Crippen LogP contribution in [0.15, 0.2) is 35.7 Å². The number of nitrogens with zero attached hydrogens (tertiary/aromatic N) is 1. The molecule has 1 heterocycles. The number of aromatic nitrogens is 2. The predicted molar refractivity (Wildman–Crippen MR) is 74.5 cm³/mol. The summed E-state index contributed by atoms with van der Waals surface area (Å²) in [5.41, 5.74) is 1.95. The average molecular weight is 291 g/mol. The van der Waals surface area contributed by atoms with Crippen molar-refractivity contribution in [1.29, 1.82) is 0 Å². The molecule has 0 aliphatic rings. The number of hydrogen-bond donors (Lipinski definition) is 3. The van der Waals surface area contributed by atoms with Crippen LogP contribution >= 0.6 is 0 Å². The Morgan fingerprint density at radius 1 is 1.45 bits per heavy atom. The highest BCUT2D eigenvalue weighted by atomic mass is 32.2. The van der Waals surface area contributed by atoms with Crippen molar-refractivity contribution in [3.63, 3.8) is 0 Å². The number of hydrogen-bond acceptors (Lipinski definition) is 4. The van der Waals surface area contributed by atoms with Gasteiger partial charge in [-0.3, -0.25) is 4.72 Å². The molecule has 0 amide bonds. The molecular formula is C13H13N3O3S. The zero-order valence-electron chi connectivity index (χ0n) is 10.7. The number of anilines is 1. The first-order valence-corrected chi connectivity index (χ1v) is 7.23. The van der Waals surface area contributed by atoms with E-state index in [2.05, 4.69) is 26.5 Å². The van der Waals surface area contributed by atoms with Crippen molar-refractivity contribution < 1.29 is 13.5 Å². The molecule has 1 aromatic carbocycles. The maximum atomic E-state index is 12.0. The first-order chi connectivity index (χ1) is 9.53. The molecule has 0 aliphatic heterocycles. The van der Waals surface area contributed by atoms with Crippen LogP contribution in [0.25, 0.3) is 0 Å². The molecule has 0 atom stereocenters. The van der Waals surface area contributed by atoms with Gasteiger partial charge in [-0.2, -0.15) is 8.42 Å². The fourth-order valence-corrected chi connectivity index (χ4v) is 2.51. The minimum Gasteiger partial charge on any atom is -0.384 e. The van der Waals surface area contributed by atoms with Crippen LogP contribution in [0.3, 0.4) is 0 Å². The van der Waals surface area contributed by atoms with Crippen LogP contribution in [0.1, 0.15) is 11.1 Å². The van der Waals surface area contributed by atoms with E-state index < -0.39 is 10.0 Å². The summed E-state index contributed by atoms with van der Waals surface area (Å²) in [6.45, 7) is 1.61. The van der Waals surface area contributed by atoms with Crippen LogP contribution in [0.5, 0.6) is 0 Å². The zero-order chi connectivity index (χ0) is 14.6. The lowest BCUT2D eigenvalue weighted by molar-refractivity contribution is 0.350. The lowest BCUT2D eigenvalue weighted by Gasteiger charge is -2.07. The third kappa shape index (κ3) is 3.17. The molecule has 104 valence electrons. The lowest BCUT2D eigenvalue weighted by Crippen LogP contribution is -2.13. The highest BCUT2D eigenvalue weighted by Gasteiger charge is 2.15. The summed E-state index contributed by atoms with van der Waals surface area (Å²) in [5, 5.41) is 8.69. The zero-order valence-corrected chi connectivity index (χ0v) is 11.5. The molecule has 0 fully saturated rings. The van der Waals surface area contributed by atoms with Crippen LogP contribution in [0.2, 0.25) is 0 Å². The van der Waals surface area contributed by atoms with Crippen molar-refractivity contribution in [3.05, 3.63) is 41.9 Å². The van der Waals surface area contributed by atoms with Gasteiger partial charge in [-0.05, 0) is 24.6 Å². The second-order valence-electron chi connectivity index (χ2n) is 4.01. The SMILES string of the molecule is Cc1ccc(NS(=O)(=O)c2cnc[nH]2)cc1C#CCO. The van der Waals surface area contributed by atoms with E-state index in [-0.39, 0.29) is 11.6 Å². The van der Waals surface area contributed by atoms with Crippen LogP contribution < -0.4 is 4.72 Å². The number of aliphatic hydroxyl groups excluding tert-OH is 1. The summed E-state index contributed by atoms with van der Waals surface area (Å²) in [5.74, 6) is 5.30. The highest BCUT2D eigenvalue weighted by Crippen LogP contribution is 2.17. The Balaban J connectivity index is 2.31. The molecule has 0 bridgehead atoms. The Bertz CT molecular complexity index is 756. The Morgan fingerprint density at radius 3 is 2.90 bits per heavy atom. The molecule has 0 saturated heterocycles. The third-order valence-electron chi connectivity index (χ3n) is 2.55. The van der Waals surface area contributed by atoms with E-state index >= 15 is 0 Å². The Hall–Kier alpha value is -2.30. The molecular weight excluding hydrogens is 278 g/mol. The van der Waals surface area contributed by atoms with Gasteiger partial charge in [0.05, 0.1) is 18.2 Å². The summed E-state index contributed by atoms with van der Waals surface area (Å²) < 4.78 is 26.5. The number of nitrogens with one attached hydrogen (secondary N) is 2. The van der Waals surface area contributed by atoms with Crippen molar-refractivity contribution in [1.82, 2.24) is 9.97 Å². The number of benzene rings is 1. The molecule has 6 nitrogen and oxygen atoms in total. The summed E-state index contributed by atoms with van der Waals surface area (Å²) in [4.78, 5) is 6.21. The molecule has 20 heavy (non-hydrogen) atoms. The molecule has 0 spiro atoms. The summed E-state index contributed by atoms with van der Waals surface area (Å²) in [6.07, 6.45) is 2.52. The highest BCUT2D eigenvalue weighted by molar-refractivity contribution is 7.92. The first kappa shape index (κ1) is 14.1. The maximum Gasteiger partial charge on any atom is 0.278 e. The van der Waals surface area contributed by atoms with Gasteiger partial charge in [0.2, 0.25) is 0 Å². The van der Waals surface area contributed by atoms with Gasteiger partial charge >= 0.3 is 0 Å². The molecule has 0 unspecified atom stereocenters. The van der Waals surface area contributed by atoms with Gasteiger partial charge in [-0.25, -0.2) is 4.98 Å². The molecule has 0 saturated carbocycles. The monoisotopic (exact) mass is 291 g/mol. The lowest BCUT2D eigenvalue weighted by atomic mass is 10.1. The largest absolute Gasteiger partial charge is 0.384 e. The van der Waals surface area contributed by atoms with E-state index in [0.717, 1.165) is 5.56 Å². The van der Waals surface area contributed by atoms with Crippen molar-refractivity contribution in [3.8, 4) is 11.8 Å². The number of sulfonamides is 1. The second kappa shape index (κ2) is 5.77. The van der Waals surface area contributed by atoms with E-state index in [4.69, 9.17) is 5.11 Å². The average Bonchev–Trinajstić information content (AvgIpc) is 2.94. The molecule has 1 aromatic heterocycles. The van der Waals surface area contributed by atoms with Crippen molar-refractivity contribution >= 4 is 15.7 Å². The van der Waals surface area contributed by atoms with E-state index in [1.165, 1.54) is 12.5 Å². The van der Waals surface area contributed by atoms with E-state index in [1.54, 1.807) is 18.2 Å². The molecule has 7 heteroatoms. The minimum absolute atomic E-state index is 0.0129. The van der Waals surface area contributed by atoms with Crippen LogP contribution in [-0.4, -0.2) is 30.1 Å². The summed E-state index contributed by atoms with van der Waals surface area (Å²) >= 11 is 0. The van der Waals surface area contributed by atoms with Crippen LogP contribution in [-0.2, 0) is 10.0 Å². The fourth-order valence-electron chi connectivity index (χ4n) is 1.56. The van der Waals surface area contributed by atoms with Gasteiger partial charge in [0.25, 0.3) is 10.0 Å². The van der Waals surface area contributed by atoms with Gasteiger partial charge in [-0.1, -0.05) is 17.9 Å². The van der Waals surface area contributed by atoms with Crippen LogP contribution in [0, 0.1) is 18.8 Å². The van der Waals surface area contributed by atoms with E-state index in [9.17, 15) is 8.42 Å². The topological polar surface area (TPSA) is 95.1 Å². The number of aryl methyl sites for hydroxylation is 1. The predicted octanol–water partition coefficient (Wildman–Crippen LogP) is 0.863. The van der Waals surface area contributed by atoms with Gasteiger partial charge in [0.15, 0.2) is 5.03 Å². The fraction of sp³-hybridized carbons (Fsp3) is 0.154. The molecule has 0 radical (unpaired) electrons. The van der Waals surface area contributed by atoms with E-state index in [1.807, 2.05) is 6.92 Å². The van der Waals surface area contributed by atoms with Crippen molar-refractivity contribution in [2.24, 2.45) is 0 Å². The van der Waals surface area contributed by atoms with Gasteiger partial charge in [0.1, 0.15) is 6.61 Å². The van der Waals surface area contributed by atoms with E-state index in [0.29, 0.717) is 11.3 Å². The number of aromatic amines is 1. The molecule has 0 aliphatic carbocycles. The van der Waals surface area contributed by atoms with Crippen molar-refractivity contribution in [2.45, 2.75) is 11.9 Å². The summed E-state index contributed by atoms with van der Waals surface area (Å²) in [6, 6.07) is 5.02. The molecule has 2 rings (SSSR count). The maximum absolute atomic E-state index is 12.0. The number of imidazole rings is 1. The standard InChI is InChI=1S/C13H13N3O3S/c1-10-4-5-12(7-11(10)3-2-6-17)16-20(18,19)13-8-14-9-15-13/h4-5,7-9,16-17H,6H2,1H3,(H,14,15). The van der Waals surface area contributed by atoms with Gasteiger partial charge < -0.3 is 10.1 Å². The normalized spacial score (nSPS) is 10.7. The number of rotatable bonds is 3. The van der Waals surface area contributed by atoms with Crippen LogP contribution in [0.4, 0.5) is 5.69 Å². The Kier molecular flexibility index (Phi) is 4.08. The van der Waals surface area contributed by atoms with Gasteiger partial charge in [0, 0.05) is 5.56 Å². The Morgan fingerprint density at radius 2 is 2.25 bits per heavy atom. The Labute approximate surface area is 116 Å². The number of H-pyrrole nitrogens is 1. The first-order valence-electron chi connectivity index (χ1n) is 5.74. The quantitative estimate of drug-likeness (QED) is 0.731. The molecule has 3 N–H and O–H groups in total. The third-order valence-corrected chi connectivity index (χ3v) is 3.86. The summed E-state index contributed by atoms with van der Waals surface area (Å²) in [7, 11) is -3.69. The minimum atomic E-state index is -3.69.